The van der Waals surface area contributed by atoms with Crippen LogP contribution in [0.5, 0.6) is 11.6 Å². The summed E-state index contributed by atoms with van der Waals surface area (Å²) in [6, 6.07) is 23.7. The van der Waals surface area contributed by atoms with Crippen LogP contribution in [0.3, 0.4) is 0 Å². The molecule has 0 aliphatic rings. The third-order valence-corrected chi connectivity index (χ3v) is 8.91. The number of fused-ring (bicyclic) bond motifs is 1. The van der Waals surface area contributed by atoms with Gasteiger partial charge in [0.2, 0.25) is 5.88 Å². The molecule has 3 aromatic carbocycles. The van der Waals surface area contributed by atoms with Crippen LogP contribution in [0.15, 0.2) is 115 Å². The minimum atomic E-state index is -0.574. The first-order chi connectivity index (χ1) is 23.7. The van der Waals surface area contributed by atoms with E-state index in [0.29, 0.717) is 23.0 Å². The molecule has 0 atom stereocenters. The summed E-state index contributed by atoms with van der Waals surface area (Å²) >= 11 is 1.55. The Hall–Kier alpha value is -5.98. The van der Waals surface area contributed by atoms with Crippen LogP contribution in [0.1, 0.15) is 15.9 Å². The topological polar surface area (TPSA) is 107 Å². The fourth-order valence-electron chi connectivity index (χ4n) is 5.58. The van der Waals surface area contributed by atoms with Crippen molar-refractivity contribution in [3.8, 4) is 38.9 Å². The largest absolute Gasteiger partial charge is 0.438 e. The normalized spacial score (nSPS) is 11.3. The lowest BCUT2D eigenvalue weighted by Crippen LogP contribution is -2.27. The number of nitrogens with one attached hydrogen (secondary N) is 1. The van der Waals surface area contributed by atoms with E-state index in [0.717, 1.165) is 38.3 Å². The first kappa shape index (κ1) is 31.6. The van der Waals surface area contributed by atoms with E-state index in [4.69, 9.17) is 4.74 Å². The van der Waals surface area contributed by atoms with Crippen molar-refractivity contribution >= 4 is 33.1 Å². The van der Waals surface area contributed by atoms with Crippen molar-refractivity contribution in [1.82, 2.24) is 29.2 Å². The summed E-state index contributed by atoms with van der Waals surface area (Å²) in [7, 11) is 5.97. The van der Waals surface area contributed by atoms with Gasteiger partial charge in [0.05, 0.1) is 11.6 Å². The molecule has 7 aromatic rings. The minimum absolute atomic E-state index is 0.0559. The number of carbonyl (C=O) groups is 1. The van der Waals surface area contributed by atoms with E-state index in [1.807, 2.05) is 33.5 Å². The van der Waals surface area contributed by atoms with Crippen molar-refractivity contribution < 1.29 is 13.9 Å². The number of amides is 1. The van der Waals surface area contributed by atoms with Crippen LogP contribution >= 0.6 is 11.3 Å². The van der Waals surface area contributed by atoms with E-state index in [9.17, 15) is 14.0 Å². The Kier molecular flexibility index (Phi) is 8.55. The van der Waals surface area contributed by atoms with Crippen molar-refractivity contribution in [3.63, 3.8) is 0 Å². The van der Waals surface area contributed by atoms with E-state index in [2.05, 4.69) is 49.5 Å². The Labute approximate surface area is 284 Å². The SMILES string of the molecule is CN(C)Cc1cccc(-c2c(-c3cnn(C)c3)sc3ncnc(Oc4ccc(NC(=O)c5cccn(-c6ccc(F)cc6)c5=O)cc4)c23)c1. The summed E-state index contributed by atoms with van der Waals surface area (Å²) in [4.78, 5) is 39.3. The molecule has 10 nitrogen and oxygen atoms in total. The lowest BCUT2D eigenvalue weighted by atomic mass is 9.99. The van der Waals surface area contributed by atoms with Gasteiger partial charge in [-0.3, -0.25) is 18.8 Å². The molecule has 12 heteroatoms. The van der Waals surface area contributed by atoms with Gasteiger partial charge in [0.1, 0.15) is 28.3 Å². The third-order valence-electron chi connectivity index (χ3n) is 7.76. The number of nitrogens with zero attached hydrogens (tertiary/aromatic N) is 6. The maximum atomic E-state index is 13.4. The molecule has 0 radical (unpaired) electrons. The fourth-order valence-corrected chi connectivity index (χ4v) is 6.71. The number of carbonyl (C=O) groups excluding carboxylic acids is 1. The van der Waals surface area contributed by atoms with Gasteiger partial charge in [0.25, 0.3) is 11.5 Å². The number of thiophene rings is 1. The zero-order valence-electron chi connectivity index (χ0n) is 26.8. The molecule has 7 rings (SSSR count). The van der Waals surface area contributed by atoms with Crippen molar-refractivity contribution in [2.75, 3.05) is 19.4 Å². The van der Waals surface area contributed by atoms with E-state index in [1.165, 1.54) is 53.0 Å². The smallest absolute Gasteiger partial charge is 0.267 e. The molecule has 49 heavy (non-hydrogen) atoms. The van der Waals surface area contributed by atoms with Gasteiger partial charge in [0, 0.05) is 53.4 Å². The highest BCUT2D eigenvalue weighted by Gasteiger charge is 2.23. The monoisotopic (exact) mass is 671 g/mol. The van der Waals surface area contributed by atoms with Crippen LogP contribution < -0.4 is 15.6 Å². The van der Waals surface area contributed by atoms with Crippen molar-refractivity contribution in [2.24, 2.45) is 7.05 Å². The summed E-state index contributed by atoms with van der Waals surface area (Å²) in [6.07, 6.45) is 6.83. The molecule has 1 N–H and O–H groups in total. The summed E-state index contributed by atoms with van der Waals surface area (Å²) in [5.41, 5.74) is 4.44. The van der Waals surface area contributed by atoms with Gasteiger partial charge in [-0.05, 0) is 92.0 Å². The highest BCUT2D eigenvalue weighted by atomic mass is 32.1. The highest BCUT2D eigenvalue weighted by molar-refractivity contribution is 7.22. The number of aromatic nitrogens is 5. The number of hydrogen-bond donors (Lipinski definition) is 1. The molecule has 0 aliphatic heterocycles. The Morgan fingerprint density at radius 2 is 1.78 bits per heavy atom. The van der Waals surface area contributed by atoms with E-state index < -0.39 is 17.3 Å². The number of anilines is 1. The maximum Gasteiger partial charge on any atom is 0.267 e. The summed E-state index contributed by atoms with van der Waals surface area (Å²) in [6.45, 7) is 0.787. The van der Waals surface area contributed by atoms with Gasteiger partial charge in [0.15, 0.2) is 0 Å². The van der Waals surface area contributed by atoms with Crippen LogP contribution in [-0.2, 0) is 13.6 Å². The molecule has 1 amide bonds. The standard InChI is InChI=1S/C37H30FN7O3S/c1-43(2)20-23-6-4-7-24(18-23)31-32-35(39-22-40-36(32)49-33(31)25-19-41-44(3)21-25)48-29-15-11-27(12-16-29)42-34(46)30-8-5-17-45(37(30)47)28-13-9-26(38)10-14-28/h4-19,21-22H,20H2,1-3H3,(H,42,46). The van der Waals surface area contributed by atoms with Crippen LogP contribution in [-0.4, -0.2) is 49.2 Å². The zero-order chi connectivity index (χ0) is 34.1. The van der Waals surface area contributed by atoms with Gasteiger partial charge in [-0.1, -0.05) is 18.2 Å². The molecule has 0 spiro atoms. The molecule has 244 valence electrons. The summed E-state index contributed by atoms with van der Waals surface area (Å²) < 4.78 is 22.8. The van der Waals surface area contributed by atoms with Crippen LogP contribution in [0.2, 0.25) is 0 Å². The molecule has 4 heterocycles. The number of ether oxygens (including phenoxy) is 1. The molecule has 0 aliphatic carbocycles. The molecule has 4 aromatic heterocycles. The Balaban J connectivity index is 1.19. The maximum absolute atomic E-state index is 13.4. The van der Waals surface area contributed by atoms with Gasteiger partial charge >= 0.3 is 0 Å². The number of pyridine rings is 1. The van der Waals surface area contributed by atoms with Crippen molar-refractivity contribution in [1.29, 1.82) is 0 Å². The molecule has 0 fully saturated rings. The molecule has 0 saturated carbocycles. The van der Waals surface area contributed by atoms with E-state index in [-0.39, 0.29) is 5.56 Å². The van der Waals surface area contributed by atoms with Gasteiger partial charge in [-0.15, -0.1) is 11.3 Å². The molecule has 0 bridgehead atoms. The summed E-state index contributed by atoms with van der Waals surface area (Å²) in [5.74, 6) is -0.0995. The Bertz CT molecular complexity index is 2360. The second kappa shape index (κ2) is 13.3. The van der Waals surface area contributed by atoms with Gasteiger partial charge in [-0.25, -0.2) is 14.4 Å². The molecule has 0 unspecified atom stereocenters. The van der Waals surface area contributed by atoms with Crippen LogP contribution in [0.4, 0.5) is 10.1 Å². The van der Waals surface area contributed by atoms with Crippen molar-refractivity contribution in [2.45, 2.75) is 6.54 Å². The average molecular weight is 672 g/mol. The predicted octanol–water partition coefficient (Wildman–Crippen LogP) is 7.16. The number of halogens is 1. The summed E-state index contributed by atoms with van der Waals surface area (Å²) in [5, 5.41) is 7.97. The number of rotatable bonds is 9. The lowest BCUT2D eigenvalue weighted by molar-refractivity contribution is 0.102. The fraction of sp³-hybridized carbons (Fsp3) is 0.108. The highest BCUT2D eigenvalue weighted by Crippen LogP contribution is 2.47. The van der Waals surface area contributed by atoms with E-state index in [1.54, 1.807) is 46.4 Å². The number of benzene rings is 3. The van der Waals surface area contributed by atoms with Gasteiger partial charge < -0.3 is 15.0 Å². The zero-order valence-corrected chi connectivity index (χ0v) is 27.6. The second-order valence-electron chi connectivity index (χ2n) is 11.7. The third kappa shape index (κ3) is 6.59. The predicted molar refractivity (Wildman–Crippen MR) is 189 cm³/mol. The van der Waals surface area contributed by atoms with Crippen molar-refractivity contribution in [3.05, 3.63) is 137 Å². The molecule has 0 saturated heterocycles. The first-order valence-corrected chi connectivity index (χ1v) is 16.1. The minimum Gasteiger partial charge on any atom is -0.438 e. The number of hydrogen-bond acceptors (Lipinski definition) is 8. The molecular weight excluding hydrogens is 642 g/mol. The average Bonchev–Trinajstić information content (AvgIpc) is 3.70. The van der Waals surface area contributed by atoms with E-state index >= 15 is 0 Å². The Morgan fingerprint density at radius 1 is 0.980 bits per heavy atom. The van der Waals surface area contributed by atoms with Crippen LogP contribution in [0.25, 0.3) is 37.5 Å². The number of aryl methyl sites for hydroxylation is 1. The van der Waals surface area contributed by atoms with Crippen LogP contribution in [0, 0.1) is 5.82 Å². The Morgan fingerprint density at radius 3 is 2.51 bits per heavy atom. The van der Waals surface area contributed by atoms with Gasteiger partial charge in [-0.2, -0.15) is 5.10 Å². The second-order valence-corrected chi connectivity index (χ2v) is 12.7. The lowest BCUT2D eigenvalue weighted by Gasteiger charge is -2.13. The first-order valence-electron chi connectivity index (χ1n) is 15.3. The quantitative estimate of drug-likeness (QED) is 0.174. The molecular formula is C37H30FN7O3S.